The van der Waals surface area contributed by atoms with E-state index in [2.05, 4.69) is 15.9 Å². The van der Waals surface area contributed by atoms with Crippen LogP contribution in [0.2, 0.25) is 0 Å². The number of halogens is 1. The van der Waals surface area contributed by atoms with Gasteiger partial charge in [0.1, 0.15) is 16.3 Å². The van der Waals surface area contributed by atoms with Gasteiger partial charge >= 0.3 is 5.97 Å². The molecule has 3 aromatic rings. The average Bonchev–Trinajstić information content (AvgIpc) is 3.06. The summed E-state index contributed by atoms with van der Waals surface area (Å²) in [5.74, 6) is -0.599. The van der Waals surface area contributed by atoms with Gasteiger partial charge in [-0.1, -0.05) is 44.2 Å². The third-order valence-corrected chi connectivity index (χ3v) is 5.84. The number of esters is 1. The molecule has 0 saturated heterocycles. The number of amides is 1. The predicted octanol–water partition coefficient (Wildman–Crippen LogP) is 6.13. The number of phenols is 1. The maximum Gasteiger partial charge on any atom is 0.341 e. The van der Waals surface area contributed by atoms with Crippen LogP contribution in [-0.2, 0) is 16.1 Å². The van der Waals surface area contributed by atoms with Gasteiger partial charge in [-0.25, -0.2) is 4.79 Å². The van der Waals surface area contributed by atoms with Gasteiger partial charge in [-0.2, -0.15) is 0 Å². The molecule has 1 heterocycles. The van der Waals surface area contributed by atoms with Crippen molar-refractivity contribution in [3.63, 3.8) is 0 Å². The summed E-state index contributed by atoms with van der Waals surface area (Å²) in [6.07, 6.45) is 0. The first-order valence-corrected chi connectivity index (χ1v) is 11.0. The first-order valence-electron chi connectivity index (χ1n) is 9.36. The Kier molecular flexibility index (Phi) is 8.22. The van der Waals surface area contributed by atoms with Crippen molar-refractivity contribution in [3.8, 4) is 5.75 Å². The number of nitrogens with zero attached hydrogens (tertiary/aromatic N) is 1. The lowest BCUT2D eigenvalue weighted by molar-refractivity contribution is -0.116. The number of aromatic hydroxyl groups is 1. The predicted molar refractivity (Wildman–Crippen MR) is 122 cm³/mol. The van der Waals surface area contributed by atoms with Gasteiger partial charge < -0.3 is 9.84 Å². The van der Waals surface area contributed by atoms with Gasteiger partial charge in [-0.05, 0) is 40.5 Å². The molecule has 1 aromatic heterocycles. The summed E-state index contributed by atoms with van der Waals surface area (Å²) in [6.45, 7) is 7.77. The number of carbonyl (C=O) groups is 2. The lowest BCUT2D eigenvalue weighted by atomic mass is 10.1. The fraction of sp³-hybridized carbons (Fsp3) is 0.273. The van der Waals surface area contributed by atoms with Crippen LogP contribution < -0.4 is 4.90 Å². The highest BCUT2D eigenvalue weighted by atomic mass is 79.9. The van der Waals surface area contributed by atoms with Crippen molar-refractivity contribution < 1.29 is 19.4 Å². The zero-order valence-corrected chi connectivity index (χ0v) is 19.3. The van der Waals surface area contributed by atoms with Crippen LogP contribution in [0.25, 0.3) is 10.1 Å². The molecule has 0 aliphatic rings. The molecule has 5 nitrogen and oxygen atoms in total. The van der Waals surface area contributed by atoms with Gasteiger partial charge in [-0.15, -0.1) is 11.3 Å². The minimum Gasteiger partial charge on any atom is -0.507 e. The average molecular weight is 478 g/mol. The second-order valence-corrected chi connectivity index (χ2v) is 7.78. The molecular formula is C22H24BrNO4S. The number of benzene rings is 2. The molecule has 0 saturated carbocycles. The summed E-state index contributed by atoms with van der Waals surface area (Å²) in [7, 11) is 0. The Balaban J connectivity index is 0.00000145. The summed E-state index contributed by atoms with van der Waals surface area (Å²) in [5.41, 5.74) is 1.28. The van der Waals surface area contributed by atoms with Crippen LogP contribution in [0, 0.1) is 0 Å². The van der Waals surface area contributed by atoms with E-state index in [-0.39, 0.29) is 18.3 Å². The molecule has 29 heavy (non-hydrogen) atoms. The zero-order chi connectivity index (χ0) is 21.6. The van der Waals surface area contributed by atoms with Crippen LogP contribution in [0.4, 0.5) is 5.00 Å². The second-order valence-electron chi connectivity index (χ2n) is 5.89. The van der Waals surface area contributed by atoms with Gasteiger partial charge in [0.15, 0.2) is 0 Å². The Labute approximate surface area is 183 Å². The highest BCUT2D eigenvalue weighted by molar-refractivity contribution is 9.10. The number of anilines is 1. The lowest BCUT2D eigenvalue weighted by Gasteiger charge is -2.21. The Bertz CT molecular complexity index is 1000. The van der Waals surface area contributed by atoms with E-state index < -0.39 is 5.97 Å². The van der Waals surface area contributed by atoms with Crippen LogP contribution in [0.3, 0.4) is 0 Å². The fourth-order valence-electron chi connectivity index (χ4n) is 2.78. The van der Waals surface area contributed by atoms with E-state index in [1.807, 2.05) is 44.2 Å². The van der Waals surface area contributed by atoms with E-state index in [0.29, 0.717) is 31.7 Å². The van der Waals surface area contributed by atoms with E-state index in [9.17, 15) is 14.7 Å². The van der Waals surface area contributed by atoms with Gasteiger partial charge in [0.05, 0.1) is 17.6 Å². The van der Waals surface area contributed by atoms with Gasteiger partial charge in [0, 0.05) is 17.0 Å². The molecule has 1 amide bonds. The topological polar surface area (TPSA) is 66.8 Å². The molecule has 154 valence electrons. The van der Waals surface area contributed by atoms with Gasteiger partial charge in [-0.3, -0.25) is 9.69 Å². The molecule has 1 N–H and O–H groups in total. The zero-order valence-electron chi connectivity index (χ0n) is 16.9. The highest BCUT2D eigenvalue weighted by Gasteiger charge is 2.27. The van der Waals surface area contributed by atoms with E-state index in [1.165, 1.54) is 18.3 Å². The molecule has 0 unspecified atom stereocenters. The smallest absolute Gasteiger partial charge is 0.341 e. The molecule has 0 aliphatic carbocycles. The van der Waals surface area contributed by atoms with E-state index in [4.69, 9.17) is 4.74 Å². The van der Waals surface area contributed by atoms with Crippen molar-refractivity contribution >= 4 is 54.2 Å². The first-order chi connectivity index (χ1) is 13.9. The first kappa shape index (κ1) is 22.9. The lowest BCUT2D eigenvalue weighted by Crippen LogP contribution is -2.28. The monoisotopic (exact) mass is 477 g/mol. The number of ether oxygens (including phenoxy) is 1. The molecule has 0 bridgehead atoms. The number of phenolic OH excluding ortho intramolecular Hbond substituents is 1. The van der Waals surface area contributed by atoms with Crippen LogP contribution in [0.15, 0.2) is 46.9 Å². The number of hydrogen-bond acceptors (Lipinski definition) is 5. The van der Waals surface area contributed by atoms with E-state index in [0.717, 1.165) is 5.56 Å². The number of fused-ring (bicyclic) bond motifs is 1. The fourth-order valence-corrected chi connectivity index (χ4v) is 4.37. The van der Waals surface area contributed by atoms with Crippen molar-refractivity contribution in [3.05, 3.63) is 58.1 Å². The molecule has 0 radical (unpaired) electrons. The molecular weight excluding hydrogens is 454 g/mol. The van der Waals surface area contributed by atoms with Crippen molar-refractivity contribution in [1.82, 2.24) is 0 Å². The number of hydrogen-bond donors (Lipinski definition) is 1. The SMILES string of the molecule is CC.CCOC(=O)c1c(N(Cc2ccccc2)C(C)=O)sc2cc(O)c(Br)cc12. The maximum absolute atomic E-state index is 12.7. The molecule has 3 rings (SSSR count). The molecule has 0 fully saturated rings. The van der Waals surface area contributed by atoms with Crippen LogP contribution >= 0.6 is 27.3 Å². The van der Waals surface area contributed by atoms with Crippen LogP contribution in [-0.4, -0.2) is 23.6 Å². The largest absolute Gasteiger partial charge is 0.507 e. The minimum absolute atomic E-state index is 0.0724. The summed E-state index contributed by atoms with van der Waals surface area (Å²) in [4.78, 5) is 26.7. The number of carbonyl (C=O) groups excluding carboxylic acids is 2. The third kappa shape index (κ3) is 5.16. The van der Waals surface area contributed by atoms with Gasteiger partial charge in [0.2, 0.25) is 5.91 Å². The Morgan fingerprint density at radius 1 is 1.17 bits per heavy atom. The standard InChI is InChI=1S/C20H18BrNO4S.C2H6/c1-3-26-20(25)18-14-9-15(21)16(24)10-17(14)27-19(18)22(12(2)23)11-13-7-5-4-6-8-13;1-2/h4-10,24H,3,11H2,1-2H3;1-2H3. The minimum atomic E-state index is -0.490. The quantitative estimate of drug-likeness (QED) is 0.449. The van der Waals surface area contributed by atoms with Crippen LogP contribution in [0.1, 0.15) is 43.6 Å². The molecule has 7 heteroatoms. The number of rotatable bonds is 5. The maximum atomic E-state index is 12.7. The number of thiophene rings is 1. The molecule has 0 aliphatic heterocycles. The Hall–Kier alpha value is -2.38. The molecule has 0 atom stereocenters. The van der Waals surface area contributed by atoms with Crippen molar-refractivity contribution in [2.24, 2.45) is 0 Å². The molecule has 0 spiro atoms. The van der Waals surface area contributed by atoms with Gasteiger partial charge in [0.25, 0.3) is 0 Å². The van der Waals surface area contributed by atoms with Crippen molar-refractivity contribution in [1.29, 1.82) is 0 Å². The molecule has 2 aromatic carbocycles. The summed E-state index contributed by atoms with van der Waals surface area (Å²) < 4.78 is 6.41. The normalized spacial score (nSPS) is 10.2. The van der Waals surface area contributed by atoms with Crippen LogP contribution in [0.5, 0.6) is 5.75 Å². The Morgan fingerprint density at radius 3 is 2.41 bits per heavy atom. The summed E-state index contributed by atoms with van der Waals surface area (Å²) in [5, 5.41) is 11.2. The van der Waals surface area contributed by atoms with E-state index >= 15 is 0 Å². The van der Waals surface area contributed by atoms with E-state index in [1.54, 1.807) is 24.0 Å². The second kappa shape index (κ2) is 10.4. The summed E-state index contributed by atoms with van der Waals surface area (Å²) in [6, 6.07) is 12.8. The highest BCUT2D eigenvalue weighted by Crippen LogP contribution is 2.43. The Morgan fingerprint density at radius 2 is 1.83 bits per heavy atom. The summed E-state index contributed by atoms with van der Waals surface area (Å²) >= 11 is 4.57. The third-order valence-electron chi connectivity index (χ3n) is 4.03. The van der Waals surface area contributed by atoms with Crippen molar-refractivity contribution in [2.45, 2.75) is 34.2 Å². The van der Waals surface area contributed by atoms with Crippen molar-refractivity contribution in [2.75, 3.05) is 11.5 Å².